The van der Waals surface area contributed by atoms with Crippen LogP contribution < -0.4 is 5.69 Å². The van der Waals surface area contributed by atoms with Gasteiger partial charge in [-0.05, 0) is 45.7 Å². The number of rotatable bonds is 7. The molecule has 0 fully saturated rings. The summed E-state index contributed by atoms with van der Waals surface area (Å²) < 4.78 is 3.47. The molecule has 3 aromatic carbocycles. The van der Waals surface area contributed by atoms with Crippen LogP contribution in [0.3, 0.4) is 0 Å². The molecular formula is C26H23ClN6O. The molecule has 0 saturated heterocycles. The van der Waals surface area contributed by atoms with E-state index in [-0.39, 0.29) is 5.69 Å². The first-order valence-electron chi connectivity index (χ1n) is 11.1. The van der Waals surface area contributed by atoms with E-state index < -0.39 is 0 Å². The van der Waals surface area contributed by atoms with E-state index in [2.05, 4.69) is 51.8 Å². The number of aryl methyl sites for hydroxylation is 1. The lowest BCUT2D eigenvalue weighted by atomic mass is 9.98. The summed E-state index contributed by atoms with van der Waals surface area (Å²) in [5.74, 6) is 0.622. The molecule has 170 valence electrons. The van der Waals surface area contributed by atoms with Crippen molar-refractivity contribution in [3.63, 3.8) is 0 Å². The van der Waals surface area contributed by atoms with Gasteiger partial charge in [0.15, 0.2) is 5.82 Å². The van der Waals surface area contributed by atoms with Crippen molar-refractivity contribution in [3.8, 4) is 28.2 Å². The van der Waals surface area contributed by atoms with Crippen LogP contribution in [0.4, 0.5) is 0 Å². The van der Waals surface area contributed by atoms with Crippen LogP contribution in [0, 0.1) is 0 Å². The molecule has 34 heavy (non-hydrogen) atoms. The maximum atomic E-state index is 13.3. The lowest BCUT2D eigenvalue weighted by molar-refractivity contribution is 0.691. The summed E-state index contributed by atoms with van der Waals surface area (Å²) in [6, 6.07) is 23.6. The topological polar surface area (TPSA) is 81.4 Å². The monoisotopic (exact) mass is 470 g/mol. The standard InChI is InChI=1S/C26H23ClN6O/c1-2-7-20-17-33(24-11-6-5-10-23(24)27)26(34)32(20)16-18-12-14-19(15-13-18)21-8-3-4-9-22(21)25-28-30-31-29-25/h3-6,8-15,17H,2,7,16H2,1H3,(H,28,29,30,31). The zero-order chi connectivity index (χ0) is 23.5. The van der Waals surface area contributed by atoms with Crippen molar-refractivity contribution in [3.05, 3.63) is 106 Å². The third kappa shape index (κ3) is 4.18. The highest BCUT2D eigenvalue weighted by molar-refractivity contribution is 6.32. The zero-order valence-corrected chi connectivity index (χ0v) is 19.4. The summed E-state index contributed by atoms with van der Waals surface area (Å²) in [6.07, 6.45) is 3.66. The van der Waals surface area contributed by atoms with E-state index in [0.717, 1.165) is 40.8 Å². The predicted molar refractivity (Wildman–Crippen MR) is 133 cm³/mol. The fourth-order valence-corrected chi connectivity index (χ4v) is 4.39. The highest BCUT2D eigenvalue weighted by atomic mass is 35.5. The number of para-hydroxylation sites is 1. The van der Waals surface area contributed by atoms with Crippen molar-refractivity contribution < 1.29 is 0 Å². The van der Waals surface area contributed by atoms with Crippen molar-refractivity contribution in [1.29, 1.82) is 0 Å². The Labute approximate surface area is 201 Å². The van der Waals surface area contributed by atoms with Gasteiger partial charge in [-0.25, -0.2) is 9.89 Å². The van der Waals surface area contributed by atoms with Gasteiger partial charge in [-0.1, -0.05) is 85.6 Å². The Bertz CT molecular complexity index is 1470. The van der Waals surface area contributed by atoms with Crippen LogP contribution >= 0.6 is 11.6 Å². The fourth-order valence-electron chi connectivity index (χ4n) is 4.16. The molecule has 0 aliphatic rings. The molecule has 0 saturated carbocycles. The number of halogens is 1. The van der Waals surface area contributed by atoms with Crippen LogP contribution in [-0.2, 0) is 13.0 Å². The van der Waals surface area contributed by atoms with E-state index in [1.54, 1.807) is 10.6 Å². The predicted octanol–water partition coefficient (Wildman–Crippen LogP) is 5.14. The molecule has 7 nitrogen and oxygen atoms in total. The van der Waals surface area contributed by atoms with Gasteiger partial charge in [0.2, 0.25) is 0 Å². The van der Waals surface area contributed by atoms with Gasteiger partial charge in [0.05, 0.1) is 17.3 Å². The molecule has 2 aromatic heterocycles. The Kier molecular flexibility index (Phi) is 6.10. The van der Waals surface area contributed by atoms with Crippen LogP contribution in [-0.4, -0.2) is 29.8 Å². The summed E-state index contributed by atoms with van der Waals surface area (Å²) in [5.41, 5.74) is 5.63. The third-order valence-electron chi connectivity index (χ3n) is 5.81. The first-order valence-corrected chi connectivity index (χ1v) is 11.5. The molecule has 5 rings (SSSR count). The third-order valence-corrected chi connectivity index (χ3v) is 6.13. The first-order chi connectivity index (χ1) is 16.7. The largest absolute Gasteiger partial charge is 0.333 e. The maximum Gasteiger partial charge on any atom is 0.333 e. The molecule has 5 aromatic rings. The molecule has 0 radical (unpaired) electrons. The first kappa shape index (κ1) is 21.9. The number of H-pyrrole nitrogens is 1. The van der Waals surface area contributed by atoms with Gasteiger partial charge in [0, 0.05) is 17.5 Å². The van der Waals surface area contributed by atoms with Gasteiger partial charge in [-0.3, -0.25) is 9.13 Å². The number of imidazole rings is 1. The number of hydrogen-bond acceptors (Lipinski definition) is 4. The molecule has 0 spiro atoms. The van der Waals surface area contributed by atoms with E-state index in [1.807, 2.05) is 53.2 Å². The Morgan fingerprint density at radius 3 is 2.38 bits per heavy atom. The summed E-state index contributed by atoms with van der Waals surface area (Å²) in [7, 11) is 0. The van der Waals surface area contributed by atoms with Crippen LogP contribution in [0.15, 0.2) is 83.8 Å². The fraction of sp³-hybridized carbons (Fsp3) is 0.154. The van der Waals surface area contributed by atoms with E-state index >= 15 is 0 Å². The maximum absolute atomic E-state index is 13.3. The number of hydrogen-bond donors (Lipinski definition) is 1. The summed E-state index contributed by atoms with van der Waals surface area (Å²) in [4.78, 5) is 13.3. The molecule has 0 unspecified atom stereocenters. The van der Waals surface area contributed by atoms with Crippen molar-refractivity contribution >= 4 is 11.6 Å². The lowest BCUT2D eigenvalue weighted by Crippen LogP contribution is -2.24. The van der Waals surface area contributed by atoms with Gasteiger partial charge in [0.1, 0.15) is 0 Å². The Hall–Kier alpha value is -3.97. The van der Waals surface area contributed by atoms with Crippen LogP contribution in [0.2, 0.25) is 5.02 Å². The molecule has 0 amide bonds. The number of benzene rings is 3. The number of tetrazole rings is 1. The second-order valence-corrected chi connectivity index (χ2v) is 8.46. The molecule has 2 heterocycles. The van der Waals surface area contributed by atoms with Gasteiger partial charge >= 0.3 is 5.69 Å². The minimum Gasteiger partial charge on any atom is -0.292 e. The molecule has 1 N–H and O–H groups in total. The second-order valence-electron chi connectivity index (χ2n) is 8.05. The lowest BCUT2D eigenvalue weighted by Gasteiger charge is -2.10. The zero-order valence-electron chi connectivity index (χ0n) is 18.6. The molecule has 0 atom stereocenters. The Balaban J connectivity index is 1.48. The van der Waals surface area contributed by atoms with Crippen molar-refractivity contribution in [2.24, 2.45) is 0 Å². The van der Waals surface area contributed by atoms with Crippen molar-refractivity contribution in [2.75, 3.05) is 0 Å². The van der Waals surface area contributed by atoms with Crippen LogP contribution in [0.1, 0.15) is 24.6 Å². The van der Waals surface area contributed by atoms with E-state index in [9.17, 15) is 4.79 Å². The molecular weight excluding hydrogens is 448 g/mol. The molecule has 0 aliphatic heterocycles. The minimum absolute atomic E-state index is 0.0937. The van der Waals surface area contributed by atoms with Gasteiger partial charge in [-0.15, -0.1) is 5.10 Å². The SMILES string of the molecule is CCCc1cn(-c2ccccc2Cl)c(=O)n1Cc1ccc(-c2ccccc2-c2nnn[nH]2)cc1. The Morgan fingerprint density at radius 2 is 1.68 bits per heavy atom. The number of aromatic nitrogens is 6. The van der Waals surface area contributed by atoms with Gasteiger partial charge in [0.25, 0.3) is 0 Å². The molecule has 0 aliphatic carbocycles. The normalized spacial score (nSPS) is 11.1. The highest BCUT2D eigenvalue weighted by Gasteiger charge is 2.15. The average Bonchev–Trinajstić information content (AvgIpc) is 3.50. The molecule has 0 bridgehead atoms. The van der Waals surface area contributed by atoms with Crippen LogP contribution in [0.25, 0.3) is 28.2 Å². The summed E-state index contributed by atoms with van der Waals surface area (Å²) in [5, 5.41) is 14.8. The number of nitrogens with one attached hydrogen (secondary N) is 1. The van der Waals surface area contributed by atoms with Gasteiger partial charge < -0.3 is 0 Å². The van der Waals surface area contributed by atoms with Gasteiger partial charge in [-0.2, -0.15) is 0 Å². The second kappa shape index (κ2) is 9.49. The highest BCUT2D eigenvalue weighted by Crippen LogP contribution is 2.30. The smallest absolute Gasteiger partial charge is 0.292 e. The van der Waals surface area contributed by atoms with E-state index in [4.69, 9.17) is 11.6 Å². The van der Waals surface area contributed by atoms with Crippen molar-refractivity contribution in [2.45, 2.75) is 26.3 Å². The number of aromatic amines is 1. The number of nitrogens with zero attached hydrogens (tertiary/aromatic N) is 5. The quantitative estimate of drug-likeness (QED) is 0.357. The Morgan fingerprint density at radius 1 is 0.941 bits per heavy atom. The van der Waals surface area contributed by atoms with Crippen molar-refractivity contribution in [1.82, 2.24) is 29.8 Å². The average molecular weight is 471 g/mol. The summed E-state index contributed by atoms with van der Waals surface area (Å²) in [6.45, 7) is 2.59. The molecule has 8 heteroatoms. The van der Waals surface area contributed by atoms with Crippen LogP contribution in [0.5, 0.6) is 0 Å². The summed E-state index contributed by atoms with van der Waals surface area (Å²) >= 11 is 6.37. The van der Waals surface area contributed by atoms with E-state index in [0.29, 0.717) is 23.1 Å². The van der Waals surface area contributed by atoms with E-state index in [1.165, 1.54) is 0 Å². The minimum atomic E-state index is -0.0937.